The summed E-state index contributed by atoms with van der Waals surface area (Å²) in [6.07, 6.45) is 7.46. The number of alkyl halides is 9. The number of rotatable bonds is 11. The van der Waals surface area contributed by atoms with E-state index in [4.69, 9.17) is 0 Å². The standard InChI is InChI=1S/C17H19F3O5S.C16H20O3.C6H15N.C2F6O5S2/c1-9(2)12-5-4-10(3)6-13(12)16-14(21)7-11(8-15(16)22)25-26(23,24)17(18,19)20;1-9(2)12-5-4-10(3)6-13(12)16-14(18)7-11(17)8-15(16)19;1-4-7(5-2)6-3;3-1(4,5)14(9,10)13-15(11,12)2(6,7)8/h6-8,12-13,21-22H,1,4-5H2,2-3H3;6-8,12-13,17-19H,1,4-5H2,2-3H3;4-6H2,1-3H3;/t2*12-,13+;;/m00../s1. The highest BCUT2D eigenvalue weighted by molar-refractivity contribution is 8.00. The Kier molecular flexibility index (Phi) is 21.2. The average molecular weight is 1040 g/mol. The van der Waals surface area contributed by atoms with Gasteiger partial charge in [0.05, 0.1) is 0 Å². The third kappa shape index (κ3) is 16.8. The molecule has 0 bridgehead atoms. The molecule has 0 saturated carbocycles. The Bertz CT molecular complexity index is 2370. The molecular formula is C41H54F9NO13S3. The second kappa shape index (κ2) is 23.6. The van der Waals surface area contributed by atoms with Crippen LogP contribution in [0.1, 0.15) is 97.1 Å². The number of allylic oxidation sites excluding steroid dienone is 6. The number of hydrogen-bond donors (Lipinski definition) is 5. The van der Waals surface area contributed by atoms with Crippen LogP contribution in [0.3, 0.4) is 0 Å². The van der Waals surface area contributed by atoms with Crippen molar-refractivity contribution in [2.24, 2.45) is 11.8 Å². The molecule has 0 spiro atoms. The molecule has 4 rings (SSSR count). The Morgan fingerprint density at radius 2 is 0.896 bits per heavy atom. The van der Waals surface area contributed by atoms with Gasteiger partial charge < -0.3 is 34.6 Å². The van der Waals surface area contributed by atoms with Crippen LogP contribution in [-0.2, 0) is 34.0 Å². The quantitative estimate of drug-likeness (QED) is 0.0611. The topological polar surface area (TPSA) is 225 Å². The first-order chi connectivity index (χ1) is 30.3. The zero-order valence-electron chi connectivity index (χ0n) is 37.2. The largest absolute Gasteiger partial charge is 0.534 e. The van der Waals surface area contributed by atoms with Crippen molar-refractivity contribution in [2.45, 2.75) is 103 Å². The van der Waals surface area contributed by atoms with Crippen molar-refractivity contribution >= 4 is 30.4 Å². The number of phenolic OH excluding ortho intramolecular Hbond substituents is 5. The highest BCUT2D eigenvalue weighted by atomic mass is 32.3. The molecule has 26 heteroatoms. The maximum atomic E-state index is 12.4. The van der Waals surface area contributed by atoms with Crippen LogP contribution in [0, 0.1) is 11.8 Å². The smallest absolute Gasteiger partial charge is 0.508 e. The summed E-state index contributed by atoms with van der Waals surface area (Å²) in [6.45, 7) is 25.8. The van der Waals surface area contributed by atoms with Gasteiger partial charge in [-0.15, -0.1) is 3.63 Å². The zero-order valence-corrected chi connectivity index (χ0v) is 39.7. The first-order valence-electron chi connectivity index (χ1n) is 19.8. The van der Waals surface area contributed by atoms with Crippen molar-refractivity contribution in [1.29, 1.82) is 0 Å². The van der Waals surface area contributed by atoms with E-state index in [9.17, 15) is 90.3 Å². The van der Waals surface area contributed by atoms with Crippen molar-refractivity contribution in [3.05, 3.63) is 83.0 Å². The Balaban J connectivity index is 0.000000484. The molecule has 0 aliphatic heterocycles. The van der Waals surface area contributed by atoms with Gasteiger partial charge in [-0.1, -0.05) is 68.4 Å². The zero-order chi connectivity index (χ0) is 52.4. The van der Waals surface area contributed by atoms with E-state index in [0.29, 0.717) is 5.56 Å². The van der Waals surface area contributed by atoms with E-state index in [1.54, 1.807) is 0 Å². The lowest BCUT2D eigenvalue weighted by Gasteiger charge is -2.31. The molecule has 0 heterocycles. The summed E-state index contributed by atoms with van der Waals surface area (Å²) in [4.78, 5) is 2.38. The predicted octanol–water partition coefficient (Wildman–Crippen LogP) is 10.2. The molecule has 2 aromatic carbocycles. The third-order valence-electron chi connectivity index (χ3n) is 10.2. The predicted molar refractivity (Wildman–Crippen MR) is 229 cm³/mol. The van der Waals surface area contributed by atoms with Crippen molar-refractivity contribution in [3.63, 3.8) is 0 Å². The summed E-state index contributed by atoms with van der Waals surface area (Å²) in [5, 5.41) is 49.9. The van der Waals surface area contributed by atoms with Crippen LogP contribution >= 0.6 is 0 Å². The molecule has 382 valence electrons. The van der Waals surface area contributed by atoms with E-state index in [0.717, 1.165) is 54.5 Å². The van der Waals surface area contributed by atoms with E-state index in [1.807, 2.05) is 30.5 Å². The molecule has 2 aliphatic rings. The van der Waals surface area contributed by atoms with Crippen molar-refractivity contribution in [3.8, 4) is 34.5 Å². The lowest BCUT2D eigenvalue weighted by Crippen LogP contribution is -2.34. The van der Waals surface area contributed by atoms with Crippen LogP contribution < -0.4 is 4.18 Å². The average Bonchev–Trinajstić information content (AvgIpc) is 3.13. The highest BCUT2D eigenvalue weighted by Crippen LogP contribution is 2.49. The number of phenols is 5. The molecule has 67 heavy (non-hydrogen) atoms. The highest BCUT2D eigenvalue weighted by Gasteiger charge is 2.57. The Morgan fingerprint density at radius 1 is 0.597 bits per heavy atom. The van der Waals surface area contributed by atoms with E-state index >= 15 is 0 Å². The van der Waals surface area contributed by atoms with Crippen LogP contribution in [0.4, 0.5) is 39.5 Å². The maximum Gasteiger partial charge on any atom is 0.534 e. The first kappa shape index (κ1) is 60.4. The first-order valence-corrected chi connectivity index (χ1v) is 24.0. The van der Waals surface area contributed by atoms with Crippen LogP contribution in [-0.4, -0.2) is 91.8 Å². The van der Waals surface area contributed by atoms with Gasteiger partial charge in [0.25, 0.3) is 0 Å². The molecule has 2 aromatic rings. The van der Waals surface area contributed by atoms with Gasteiger partial charge in [0.1, 0.15) is 34.5 Å². The number of nitrogens with zero attached hydrogens (tertiary/aromatic N) is 1. The summed E-state index contributed by atoms with van der Waals surface area (Å²) < 4.78 is 173. The number of halogens is 9. The van der Waals surface area contributed by atoms with Crippen molar-refractivity contribution in [2.75, 3.05) is 19.6 Å². The minimum absolute atomic E-state index is 0.0697. The minimum atomic E-state index is -6.85. The summed E-state index contributed by atoms with van der Waals surface area (Å²) in [7, 11) is -19.6. The molecule has 0 aromatic heterocycles. The fourth-order valence-corrected chi connectivity index (χ4v) is 8.79. The van der Waals surface area contributed by atoms with E-state index in [2.05, 4.69) is 56.0 Å². The Labute approximate surface area is 383 Å². The fourth-order valence-electron chi connectivity index (χ4n) is 6.79. The van der Waals surface area contributed by atoms with Crippen LogP contribution in [0.15, 0.2) is 71.9 Å². The Hall–Kier alpha value is -4.66. The maximum absolute atomic E-state index is 12.4. The minimum Gasteiger partial charge on any atom is -0.508 e. The molecule has 4 atom stereocenters. The number of benzene rings is 2. The fraction of sp³-hybridized carbons (Fsp3) is 0.512. The lowest BCUT2D eigenvalue weighted by molar-refractivity contribution is -0.0586. The summed E-state index contributed by atoms with van der Waals surface area (Å²) in [6, 6.07) is 4.02. The molecule has 0 fully saturated rings. The van der Waals surface area contributed by atoms with Gasteiger partial charge in [0.2, 0.25) is 0 Å². The second-order valence-corrected chi connectivity index (χ2v) is 20.1. The third-order valence-corrected chi connectivity index (χ3v) is 13.8. The monoisotopic (exact) mass is 1040 g/mol. The van der Waals surface area contributed by atoms with Gasteiger partial charge in [-0.3, -0.25) is 0 Å². The van der Waals surface area contributed by atoms with Gasteiger partial charge >= 0.3 is 46.9 Å². The van der Waals surface area contributed by atoms with Gasteiger partial charge in [0.15, 0.2) is 0 Å². The van der Waals surface area contributed by atoms with Crippen LogP contribution in [0.25, 0.3) is 0 Å². The Morgan fingerprint density at radius 3 is 1.15 bits per heavy atom. The SMILES string of the molecule is C=C(C)[C@@H]1CCC(C)=C[C@H]1c1c(O)cc(O)cc1O.C=C(C)[C@@H]1CCC(C)=C[C@H]1c1c(O)cc(OS(=O)(=O)C(F)(F)F)cc1O.CCN(CC)CC.O=S(=O)(OS(=O)(=O)C(F)(F)F)C(F)(F)F. The summed E-state index contributed by atoms with van der Waals surface area (Å²) in [5.74, 6) is -2.63. The molecular weight excluding hydrogens is 982 g/mol. The second-order valence-electron chi connectivity index (χ2n) is 15.3. The molecule has 2 aliphatic carbocycles. The number of aromatic hydroxyl groups is 5. The van der Waals surface area contributed by atoms with E-state index in [-0.39, 0.29) is 40.6 Å². The van der Waals surface area contributed by atoms with Gasteiger partial charge in [-0.2, -0.15) is 64.8 Å². The molecule has 0 unspecified atom stereocenters. The molecule has 14 nitrogen and oxygen atoms in total. The summed E-state index contributed by atoms with van der Waals surface area (Å²) >= 11 is 0. The van der Waals surface area contributed by atoms with E-state index < -0.39 is 70.0 Å². The normalized spacial score (nSPS) is 19.2. The van der Waals surface area contributed by atoms with Gasteiger partial charge in [0, 0.05) is 47.2 Å². The van der Waals surface area contributed by atoms with Gasteiger partial charge in [-0.25, -0.2) is 0 Å². The van der Waals surface area contributed by atoms with E-state index in [1.165, 1.54) is 37.3 Å². The molecule has 0 saturated heterocycles. The van der Waals surface area contributed by atoms with Crippen molar-refractivity contribution in [1.82, 2.24) is 4.90 Å². The summed E-state index contributed by atoms with van der Waals surface area (Å²) in [5.41, 5.74) is -13.4. The van der Waals surface area contributed by atoms with Crippen molar-refractivity contribution < 1.29 is 98.1 Å². The lowest BCUT2D eigenvalue weighted by atomic mass is 9.74. The van der Waals surface area contributed by atoms with Crippen LogP contribution in [0.2, 0.25) is 0 Å². The number of hydrogen-bond acceptors (Lipinski definition) is 14. The van der Waals surface area contributed by atoms with Crippen LogP contribution in [0.5, 0.6) is 34.5 Å². The van der Waals surface area contributed by atoms with Gasteiger partial charge in [-0.05, 0) is 84.8 Å². The molecule has 5 N–H and O–H groups in total. The molecule has 0 amide bonds. The molecule has 0 radical (unpaired) electrons.